The van der Waals surface area contributed by atoms with Gasteiger partial charge in [-0.05, 0) is 41.3 Å². The lowest BCUT2D eigenvalue weighted by Gasteiger charge is -2.10. The summed E-state index contributed by atoms with van der Waals surface area (Å²) in [5, 5.41) is 0. The smallest absolute Gasteiger partial charge is 0.0721 e. The molecule has 0 heterocycles. The number of rotatable bonds is 6. The Morgan fingerprint density at radius 1 is 0.950 bits per heavy atom. The van der Waals surface area contributed by atoms with Crippen molar-refractivity contribution >= 4 is 15.9 Å². The molecular weight excluding hydrogens is 314 g/mol. The van der Waals surface area contributed by atoms with E-state index in [-0.39, 0.29) is 0 Å². The van der Waals surface area contributed by atoms with E-state index in [0.717, 1.165) is 4.47 Å². The van der Waals surface area contributed by atoms with Gasteiger partial charge in [0.15, 0.2) is 0 Å². The van der Waals surface area contributed by atoms with E-state index < -0.39 is 0 Å². The first-order valence-corrected chi connectivity index (χ1v) is 7.59. The van der Waals surface area contributed by atoms with Crippen LogP contribution in [0.1, 0.15) is 29.5 Å². The first-order chi connectivity index (χ1) is 9.69. The number of hydrogen-bond donors (Lipinski definition) is 1. The molecule has 2 aromatic rings. The van der Waals surface area contributed by atoms with Crippen molar-refractivity contribution in [2.24, 2.45) is 5.73 Å². The van der Waals surface area contributed by atoms with Crippen molar-refractivity contribution in [2.75, 3.05) is 6.54 Å². The predicted octanol–water partition coefficient (Wildman–Crippen LogP) is 4.23. The predicted molar refractivity (Wildman–Crippen MR) is 86.5 cm³/mol. The fraction of sp³-hybridized carbons (Fsp3) is 0.294. The first-order valence-electron chi connectivity index (χ1n) is 6.80. The van der Waals surface area contributed by atoms with Gasteiger partial charge in [0.05, 0.1) is 13.2 Å². The minimum Gasteiger partial charge on any atom is -0.372 e. The molecule has 1 unspecified atom stereocenters. The minimum absolute atomic E-state index is 0.410. The standard InChI is InChI=1S/C17H20BrNO/c1-13(10-19)16-6-2-14(3-7-16)11-20-12-15-4-8-17(18)9-5-15/h2-9,13H,10-12,19H2,1H3. The topological polar surface area (TPSA) is 35.2 Å². The number of hydrogen-bond acceptors (Lipinski definition) is 2. The van der Waals surface area contributed by atoms with Crippen molar-refractivity contribution in [1.82, 2.24) is 0 Å². The molecular formula is C17H20BrNO. The van der Waals surface area contributed by atoms with Gasteiger partial charge in [0.2, 0.25) is 0 Å². The third-order valence-corrected chi connectivity index (χ3v) is 3.88. The second-order valence-corrected chi connectivity index (χ2v) is 5.91. The van der Waals surface area contributed by atoms with Crippen LogP contribution in [-0.2, 0) is 18.0 Å². The van der Waals surface area contributed by atoms with Crippen LogP contribution in [0.5, 0.6) is 0 Å². The summed E-state index contributed by atoms with van der Waals surface area (Å²) in [6, 6.07) is 16.7. The average molecular weight is 334 g/mol. The van der Waals surface area contributed by atoms with Crippen LogP contribution in [0.4, 0.5) is 0 Å². The highest BCUT2D eigenvalue weighted by Gasteiger charge is 2.02. The summed E-state index contributed by atoms with van der Waals surface area (Å²) in [6.07, 6.45) is 0. The molecule has 2 N–H and O–H groups in total. The molecule has 3 heteroatoms. The van der Waals surface area contributed by atoms with E-state index in [4.69, 9.17) is 10.5 Å². The average Bonchev–Trinajstić information content (AvgIpc) is 2.49. The van der Waals surface area contributed by atoms with Crippen molar-refractivity contribution in [3.05, 3.63) is 69.7 Å². The molecule has 0 saturated carbocycles. The zero-order valence-corrected chi connectivity index (χ0v) is 13.3. The Morgan fingerprint density at radius 3 is 1.95 bits per heavy atom. The Morgan fingerprint density at radius 2 is 1.45 bits per heavy atom. The summed E-state index contributed by atoms with van der Waals surface area (Å²) in [7, 11) is 0. The van der Waals surface area contributed by atoms with Crippen LogP contribution in [0, 0.1) is 0 Å². The Kier molecular flexibility index (Phi) is 5.77. The molecule has 2 aromatic carbocycles. The maximum Gasteiger partial charge on any atom is 0.0721 e. The summed E-state index contributed by atoms with van der Waals surface area (Å²) < 4.78 is 6.82. The van der Waals surface area contributed by atoms with Crippen LogP contribution in [-0.4, -0.2) is 6.54 Å². The van der Waals surface area contributed by atoms with Gasteiger partial charge in [0.25, 0.3) is 0 Å². The maximum absolute atomic E-state index is 5.73. The van der Waals surface area contributed by atoms with Gasteiger partial charge >= 0.3 is 0 Å². The molecule has 0 aliphatic rings. The van der Waals surface area contributed by atoms with Crippen molar-refractivity contribution in [3.63, 3.8) is 0 Å². The number of nitrogens with two attached hydrogens (primary N) is 1. The number of halogens is 1. The largest absolute Gasteiger partial charge is 0.372 e. The molecule has 0 saturated heterocycles. The third kappa shape index (κ3) is 4.44. The fourth-order valence-electron chi connectivity index (χ4n) is 1.95. The van der Waals surface area contributed by atoms with Crippen LogP contribution in [0.25, 0.3) is 0 Å². The van der Waals surface area contributed by atoms with Crippen LogP contribution < -0.4 is 5.73 Å². The van der Waals surface area contributed by atoms with Gasteiger partial charge in [-0.15, -0.1) is 0 Å². The summed E-state index contributed by atoms with van der Waals surface area (Å²) in [4.78, 5) is 0. The third-order valence-electron chi connectivity index (χ3n) is 3.35. The highest BCUT2D eigenvalue weighted by Crippen LogP contribution is 2.16. The van der Waals surface area contributed by atoms with Crippen LogP contribution in [0.15, 0.2) is 53.0 Å². The van der Waals surface area contributed by atoms with Crippen LogP contribution in [0.3, 0.4) is 0 Å². The van der Waals surface area contributed by atoms with E-state index in [2.05, 4.69) is 59.3 Å². The normalized spacial score (nSPS) is 12.3. The molecule has 0 fully saturated rings. The van der Waals surface area contributed by atoms with Gasteiger partial charge in [0, 0.05) is 4.47 Å². The second-order valence-electron chi connectivity index (χ2n) is 5.00. The minimum atomic E-state index is 0.410. The molecule has 0 amide bonds. The van der Waals surface area contributed by atoms with Crippen molar-refractivity contribution in [1.29, 1.82) is 0 Å². The number of benzene rings is 2. The molecule has 1 atom stereocenters. The summed E-state index contributed by atoms with van der Waals surface area (Å²) in [6.45, 7) is 4.08. The van der Waals surface area contributed by atoms with Crippen LogP contribution in [0.2, 0.25) is 0 Å². The zero-order chi connectivity index (χ0) is 14.4. The Bertz CT molecular complexity index is 522. The van der Waals surface area contributed by atoms with E-state index in [9.17, 15) is 0 Å². The molecule has 20 heavy (non-hydrogen) atoms. The Labute approximate surface area is 129 Å². The molecule has 0 spiro atoms. The van der Waals surface area contributed by atoms with E-state index in [1.54, 1.807) is 0 Å². The summed E-state index contributed by atoms with van der Waals surface area (Å²) >= 11 is 3.42. The molecule has 0 bridgehead atoms. The van der Waals surface area contributed by atoms with E-state index in [0.29, 0.717) is 25.7 Å². The van der Waals surface area contributed by atoms with Gasteiger partial charge < -0.3 is 10.5 Å². The van der Waals surface area contributed by atoms with Crippen LogP contribution >= 0.6 is 15.9 Å². The second kappa shape index (κ2) is 7.58. The Hall–Kier alpha value is -1.16. The molecule has 0 aliphatic carbocycles. The van der Waals surface area contributed by atoms with E-state index in [1.165, 1.54) is 16.7 Å². The highest BCUT2D eigenvalue weighted by atomic mass is 79.9. The van der Waals surface area contributed by atoms with E-state index >= 15 is 0 Å². The SMILES string of the molecule is CC(CN)c1ccc(COCc2ccc(Br)cc2)cc1. The monoisotopic (exact) mass is 333 g/mol. The fourth-order valence-corrected chi connectivity index (χ4v) is 2.21. The van der Waals surface area contributed by atoms with Crippen molar-refractivity contribution < 1.29 is 4.74 Å². The summed E-state index contributed by atoms with van der Waals surface area (Å²) in [5.74, 6) is 0.410. The van der Waals surface area contributed by atoms with Gasteiger partial charge in [-0.1, -0.05) is 59.3 Å². The zero-order valence-electron chi connectivity index (χ0n) is 11.7. The Balaban J connectivity index is 1.83. The molecule has 0 radical (unpaired) electrons. The molecule has 2 nitrogen and oxygen atoms in total. The lowest BCUT2D eigenvalue weighted by atomic mass is 10.0. The molecule has 106 valence electrons. The van der Waals surface area contributed by atoms with Gasteiger partial charge in [-0.2, -0.15) is 0 Å². The van der Waals surface area contributed by atoms with Crippen molar-refractivity contribution in [2.45, 2.75) is 26.1 Å². The van der Waals surface area contributed by atoms with Gasteiger partial charge in [-0.25, -0.2) is 0 Å². The van der Waals surface area contributed by atoms with Gasteiger partial charge in [-0.3, -0.25) is 0 Å². The molecule has 2 rings (SSSR count). The molecule has 0 aromatic heterocycles. The van der Waals surface area contributed by atoms with Crippen molar-refractivity contribution in [3.8, 4) is 0 Å². The quantitative estimate of drug-likeness (QED) is 0.858. The first kappa shape index (κ1) is 15.2. The molecule has 0 aliphatic heterocycles. The highest BCUT2D eigenvalue weighted by molar-refractivity contribution is 9.10. The number of ether oxygens (including phenoxy) is 1. The van der Waals surface area contributed by atoms with Gasteiger partial charge in [0.1, 0.15) is 0 Å². The van der Waals surface area contributed by atoms with E-state index in [1.807, 2.05) is 12.1 Å². The maximum atomic E-state index is 5.73. The lowest BCUT2D eigenvalue weighted by Crippen LogP contribution is -2.08. The lowest BCUT2D eigenvalue weighted by molar-refractivity contribution is 0.107. The summed E-state index contributed by atoms with van der Waals surface area (Å²) in [5.41, 5.74) is 9.32.